The molecule has 6 heteroatoms. The first kappa shape index (κ1) is 20.5. The Kier molecular flexibility index (Phi) is 5.62. The van der Waals surface area contributed by atoms with Gasteiger partial charge in [-0.1, -0.05) is 44.2 Å². The summed E-state index contributed by atoms with van der Waals surface area (Å²) in [5.74, 6) is -2.00. The van der Waals surface area contributed by atoms with E-state index in [9.17, 15) is 13.6 Å². The Morgan fingerprint density at radius 1 is 0.968 bits per heavy atom. The molecule has 2 heterocycles. The molecule has 1 amide bonds. The molecule has 0 unspecified atom stereocenters. The van der Waals surface area contributed by atoms with Crippen LogP contribution in [0.2, 0.25) is 0 Å². The standard InChI is InChI=1S/C25H21F2N3O/c1-15(2)23-22(25(31)29-20-9-8-18(26)14-19(20)27)21(16-6-4-3-5-7-16)24(30-23)17-10-12-28-13-11-17/h3-15,30H,1-2H3,(H,29,31). The minimum atomic E-state index is -0.828. The highest BCUT2D eigenvalue weighted by Crippen LogP contribution is 2.39. The maximum Gasteiger partial charge on any atom is 0.258 e. The number of pyridine rings is 1. The number of rotatable bonds is 5. The van der Waals surface area contributed by atoms with Crippen LogP contribution in [0.15, 0.2) is 73.1 Å². The van der Waals surface area contributed by atoms with Crippen molar-refractivity contribution >= 4 is 11.6 Å². The summed E-state index contributed by atoms with van der Waals surface area (Å²) in [4.78, 5) is 20.9. The van der Waals surface area contributed by atoms with Gasteiger partial charge in [0.15, 0.2) is 0 Å². The zero-order chi connectivity index (χ0) is 22.0. The fourth-order valence-electron chi connectivity index (χ4n) is 3.59. The van der Waals surface area contributed by atoms with Crippen LogP contribution in [0.4, 0.5) is 14.5 Å². The topological polar surface area (TPSA) is 57.8 Å². The Labute approximate surface area is 179 Å². The number of halogens is 2. The third-order valence-electron chi connectivity index (χ3n) is 5.04. The second kappa shape index (κ2) is 8.52. The molecule has 2 aromatic heterocycles. The fraction of sp³-hybridized carbons (Fsp3) is 0.120. The van der Waals surface area contributed by atoms with Gasteiger partial charge in [-0.15, -0.1) is 0 Å². The molecule has 0 saturated carbocycles. The Hall–Kier alpha value is -3.80. The van der Waals surface area contributed by atoms with Crippen molar-refractivity contribution in [3.63, 3.8) is 0 Å². The van der Waals surface area contributed by atoms with Gasteiger partial charge in [-0.3, -0.25) is 9.78 Å². The highest BCUT2D eigenvalue weighted by Gasteiger charge is 2.27. The number of nitrogens with zero attached hydrogens (tertiary/aromatic N) is 1. The van der Waals surface area contributed by atoms with Gasteiger partial charge in [0.2, 0.25) is 0 Å². The number of benzene rings is 2. The zero-order valence-corrected chi connectivity index (χ0v) is 17.1. The van der Waals surface area contributed by atoms with Gasteiger partial charge in [0.05, 0.1) is 16.9 Å². The van der Waals surface area contributed by atoms with E-state index < -0.39 is 17.5 Å². The van der Waals surface area contributed by atoms with Crippen LogP contribution >= 0.6 is 0 Å². The number of carbonyl (C=O) groups is 1. The molecule has 0 atom stereocenters. The van der Waals surface area contributed by atoms with E-state index in [1.54, 1.807) is 12.4 Å². The second-order valence-corrected chi connectivity index (χ2v) is 7.50. The SMILES string of the molecule is CC(C)c1[nH]c(-c2ccncc2)c(-c2ccccc2)c1C(=O)Nc1ccc(F)cc1F. The lowest BCUT2D eigenvalue weighted by atomic mass is 9.94. The first-order valence-electron chi connectivity index (χ1n) is 9.93. The molecule has 0 spiro atoms. The largest absolute Gasteiger partial charge is 0.357 e. The van der Waals surface area contributed by atoms with Crippen molar-refractivity contribution < 1.29 is 13.6 Å². The summed E-state index contributed by atoms with van der Waals surface area (Å²) < 4.78 is 27.5. The molecule has 0 radical (unpaired) electrons. The number of hydrogen-bond acceptors (Lipinski definition) is 2. The van der Waals surface area contributed by atoms with E-state index >= 15 is 0 Å². The Morgan fingerprint density at radius 3 is 2.32 bits per heavy atom. The Bertz CT molecular complexity index is 1220. The van der Waals surface area contributed by atoms with Gasteiger partial charge in [-0.05, 0) is 35.7 Å². The molecule has 156 valence electrons. The van der Waals surface area contributed by atoms with Crippen molar-refractivity contribution in [3.8, 4) is 22.4 Å². The summed E-state index contributed by atoms with van der Waals surface area (Å²) in [6.07, 6.45) is 3.38. The maximum atomic E-state index is 14.2. The van der Waals surface area contributed by atoms with Gasteiger partial charge in [-0.2, -0.15) is 0 Å². The van der Waals surface area contributed by atoms with Crippen molar-refractivity contribution in [1.29, 1.82) is 0 Å². The normalized spacial score (nSPS) is 11.0. The van der Waals surface area contributed by atoms with Crippen molar-refractivity contribution in [1.82, 2.24) is 9.97 Å². The van der Waals surface area contributed by atoms with Crippen molar-refractivity contribution in [2.75, 3.05) is 5.32 Å². The Balaban J connectivity index is 1.91. The zero-order valence-electron chi connectivity index (χ0n) is 17.1. The van der Waals surface area contributed by atoms with Crippen LogP contribution in [-0.4, -0.2) is 15.9 Å². The third-order valence-corrected chi connectivity index (χ3v) is 5.04. The van der Waals surface area contributed by atoms with Gasteiger partial charge < -0.3 is 10.3 Å². The smallest absolute Gasteiger partial charge is 0.258 e. The maximum absolute atomic E-state index is 14.2. The van der Waals surface area contributed by atoms with Crippen LogP contribution in [0.1, 0.15) is 35.8 Å². The number of H-pyrrole nitrogens is 1. The average Bonchev–Trinajstić information content (AvgIpc) is 3.18. The lowest BCUT2D eigenvalue weighted by Gasteiger charge is -2.12. The van der Waals surface area contributed by atoms with Crippen molar-refractivity contribution in [2.24, 2.45) is 0 Å². The van der Waals surface area contributed by atoms with Gasteiger partial charge in [0.25, 0.3) is 5.91 Å². The summed E-state index contributed by atoms with van der Waals surface area (Å²) in [5, 5.41) is 2.61. The van der Waals surface area contributed by atoms with Gasteiger partial charge >= 0.3 is 0 Å². The molecule has 0 fully saturated rings. The van der Waals surface area contributed by atoms with Crippen molar-refractivity contribution in [3.05, 3.63) is 95.9 Å². The van der Waals surface area contributed by atoms with Crippen LogP contribution in [0.5, 0.6) is 0 Å². The van der Waals surface area contributed by atoms with E-state index in [0.717, 1.165) is 40.2 Å². The predicted octanol–water partition coefficient (Wildman–Crippen LogP) is 6.40. The van der Waals surface area contributed by atoms with Crippen LogP contribution in [0, 0.1) is 11.6 Å². The van der Waals surface area contributed by atoms with Crippen LogP contribution in [0.3, 0.4) is 0 Å². The molecule has 2 N–H and O–H groups in total. The highest BCUT2D eigenvalue weighted by molar-refractivity contribution is 6.12. The molecule has 0 saturated heterocycles. The number of aromatic nitrogens is 2. The van der Waals surface area contributed by atoms with Gasteiger partial charge in [0, 0.05) is 35.3 Å². The minimum Gasteiger partial charge on any atom is -0.357 e. The second-order valence-electron chi connectivity index (χ2n) is 7.50. The number of nitrogens with one attached hydrogen (secondary N) is 2. The molecular weight excluding hydrogens is 396 g/mol. The van der Waals surface area contributed by atoms with E-state index in [1.807, 2.05) is 56.3 Å². The summed E-state index contributed by atoms with van der Waals surface area (Å²) in [6.45, 7) is 3.96. The Morgan fingerprint density at radius 2 is 1.68 bits per heavy atom. The quantitative estimate of drug-likeness (QED) is 0.395. The van der Waals surface area contributed by atoms with E-state index in [1.165, 1.54) is 6.07 Å². The molecular formula is C25H21F2N3O. The molecule has 31 heavy (non-hydrogen) atoms. The first-order valence-corrected chi connectivity index (χ1v) is 9.93. The molecule has 4 rings (SSSR count). The number of aromatic amines is 1. The molecule has 0 aliphatic heterocycles. The van der Waals surface area contributed by atoms with E-state index in [4.69, 9.17) is 0 Å². The highest BCUT2D eigenvalue weighted by atomic mass is 19.1. The van der Waals surface area contributed by atoms with Gasteiger partial charge in [-0.25, -0.2) is 8.78 Å². The molecule has 4 nitrogen and oxygen atoms in total. The van der Waals surface area contributed by atoms with E-state index in [2.05, 4.69) is 15.3 Å². The summed E-state index contributed by atoms with van der Waals surface area (Å²) in [5.41, 5.74) is 4.30. The molecule has 0 aliphatic carbocycles. The lowest BCUT2D eigenvalue weighted by molar-refractivity contribution is 0.102. The first-order chi connectivity index (χ1) is 15.0. The van der Waals surface area contributed by atoms with Crippen molar-refractivity contribution in [2.45, 2.75) is 19.8 Å². The third kappa shape index (κ3) is 4.10. The molecule has 0 bridgehead atoms. The molecule has 0 aliphatic rings. The average molecular weight is 417 g/mol. The van der Waals surface area contributed by atoms with E-state index in [0.29, 0.717) is 5.56 Å². The number of amides is 1. The number of carbonyl (C=O) groups excluding carboxylic acids is 1. The summed E-state index contributed by atoms with van der Waals surface area (Å²) >= 11 is 0. The molecule has 4 aromatic rings. The van der Waals surface area contributed by atoms with E-state index in [-0.39, 0.29) is 11.6 Å². The number of anilines is 1. The fourth-order valence-corrected chi connectivity index (χ4v) is 3.59. The summed E-state index contributed by atoms with van der Waals surface area (Å²) in [6, 6.07) is 16.4. The van der Waals surface area contributed by atoms with Crippen LogP contribution in [-0.2, 0) is 0 Å². The summed E-state index contributed by atoms with van der Waals surface area (Å²) in [7, 11) is 0. The monoisotopic (exact) mass is 417 g/mol. The van der Waals surface area contributed by atoms with Crippen LogP contribution < -0.4 is 5.32 Å². The van der Waals surface area contributed by atoms with Gasteiger partial charge in [0.1, 0.15) is 11.6 Å². The predicted molar refractivity (Wildman–Crippen MR) is 118 cm³/mol. The minimum absolute atomic E-state index is 0.00290. The molecule has 2 aromatic carbocycles. The lowest BCUT2D eigenvalue weighted by Crippen LogP contribution is -2.16. The van der Waals surface area contributed by atoms with Crippen LogP contribution in [0.25, 0.3) is 22.4 Å². The number of hydrogen-bond donors (Lipinski definition) is 2.